The Morgan fingerprint density at radius 2 is 2.00 bits per heavy atom. The molecule has 1 N–H and O–H groups in total. The van der Waals surface area contributed by atoms with E-state index in [2.05, 4.69) is 0 Å². The van der Waals surface area contributed by atoms with Crippen molar-refractivity contribution in [1.29, 1.82) is 0 Å². The molecular formula is C13H20N2O4S. The lowest BCUT2D eigenvalue weighted by Crippen LogP contribution is -2.52. The molecule has 112 valence electrons. The molecule has 1 saturated carbocycles. The van der Waals surface area contributed by atoms with E-state index in [0.29, 0.717) is 38.0 Å². The second-order valence-electron chi connectivity index (χ2n) is 5.56. The molecule has 20 heavy (non-hydrogen) atoms. The molecule has 0 radical (unpaired) electrons. The minimum Gasteiger partial charge on any atom is -0.480 e. The fraction of sp³-hybridized carbons (Fsp3) is 0.846. The van der Waals surface area contributed by atoms with E-state index in [9.17, 15) is 14.7 Å². The van der Waals surface area contributed by atoms with Crippen LogP contribution in [0.4, 0.5) is 4.79 Å². The molecule has 0 aromatic heterocycles. The van der Waals surface area contributed by atoms with Gasteiger partial charge in [-0.15, -0.1) is 11.8 Å². The van der Waals surface area contributed by atoms with Gasteiger partial charge in [0.1, 0.15) is 6.04 Å². The summed E-state index contributed by atoms with van der Waals surface area (Å²) in [5, 5.41) is 9.40. The number of amides is 2. The van der Waals surface area contributed by atoms with Gasteiger partial charge >= 0.3 is 12.0 Å². The summed E-state index contributed by atoms with van der Waals surface area (Å²) in [5.41, 5.74) is 0. The number of carboxylic acids is 1. The van der Waals surface area contributed by atoms with Crippen molar-refractivity contribution in [1.82, 2.24) is 9.80 Å². The molecule has 2 saturated heterocycles. The van der Waals surface area contributed by atoms with Gasteiger partial charge in [0.2, 0.25) is 0 Å². The number of ether oxygens (including phenoxy) is 1. The van der Waals surface area contributed by atoms with Gasteiger partial charge in [0.15, 0.2) is 0 Å². The molecule has 3 aliphatic rings. The van der Waals surface area contributed by atoms with Crippen LogP contribution < -0.4 is 0 Å². The highest BCUT2D eigenvalue weighted by Crippen LogP contribution is 2.45. The van der Waals surface area contributed by atoms with Gasteiger partial charge in [0.05, 0.1) is 12.0 Å². The van der Waals surface area contributed by atoms with E-state index in [0.717, 1.165) is 19.3 Å². The van der Waals surface area contributed by atoms with Crippen molar-refractivity contribution in [2.45, 2.75) is 30.7 Å². The van der Waals surface area contributed by atoms with Crippen LogP contribution in [0.2, 0.25) is 0 Å². The van der Waals surface area contributed by atoms with Gasteiger partial charge in [0.25, 0.3) is 0 Å². The third kappa shape index (κ3) is 2.74. The van der Waals surface area contributed by atoms with E-state index in [1.54, 1.807) is 21.6 Å². The quantitative estimate of drug-likeness (QED) is 0.826. The predicted molar refractivity (Wildman–Crippen MR) is 74.6 cm³/mol. The van der Waals surface area contributed by atoms with Crippen LogP contribution in [0.3, 0.4) is 0 Å². The van der Waals surface area contributed by atoms with Crippen molar-refractivity contribution in [3.8, 4) is 0 Å². The maximum atomic E-state index is 12.7. The maximum absolute atomic E-state index is 12.7. The third-order valence-corrected chi connectivity index (χ3v) is 5.52. The van der Waals surface area contributed by atoms with Crippen LogP contribution in [0.5, 0.6) is 0 Å². The van der Waals surface area contributed by atoms with E-state index in [-0.39, 0.29) is 11.4 Å². The number of aliphatic carboxylic acids is 1. The second-order valence-corrected chi connectivity index (χ2v) is 6.71. The van der Waals surface area contributed by atoms with Crippen LogP contribution in [-0.4, -0.2) is 70.4 Å². The van der Waals surface area contributed by atoms with E-state index < -0.39 is 12.0 Å². The molecule has 2 heterocycles. The first-order valence-corrected chi connectivity index (χ1v) is 8.23. The third-order valence-electron chi connectivity index (χ3n) is 4.06. The molecule has 6 nitrogen and oxygen atoms in total. The zero-order valence-electron chi connectivity index (χ0n) is 11.4. The van der Waals surface area contributed by atoms with Gasteiger partial charge in [-0.05, 0) is 25.2 Å². The Hall–Kier alpha value is -0.950. The normalized spacial score (nSPS) is 31.2. The average molecular weight is 300 g/mol. The lowest BCUT2D eigenvalue weighted by atomic mass is 10.2. The summed E-state index contributed by atoms with van der Waals surface area (Å²) in [7, 11) is 0. The molecule has 0 aromatic rings. The van der Waals surface area contributed by atoms with Gasteiger partial charge in [-0.2, -0.15) is 0 Å². The van der Waals surface area contributed by atoms with Crippen molar-refractivity contribution < 1.29 is 19.4 Å². The fourth-order valence-electron chi connectivity index (χ4n) is 2.81. The largest absolute Gasteiger partial charge is 0.480 e. The van der Waals surface area contributed by atoms with Crippen LogP contribution in [0.1, 0.15) is 19.3 Å². The number of nitrogens with zero attached hydrogens (tertiary/aromatic N) is 2. The van der Waals surface area contributed by atoms with E-state index in [1.807, 2.05) is 0 Å². The van der Waals surface area contributed by atoms with Crippen LogP contribution in [0, 0.1) is 5.92 Å². The summed E-state index contributed by atoms with van der Waals surface area (Å²) < 4.78 is 5.36. The van der Waals surface area contributed by atoms with Crippen molar-refractivity contribution in [2.24, 2.45) is 5.92 Å². The standard InChI is InChI=1S/C13H20N2O4S/c16-12(17)10-8-20-11(9-2-3-9)15(10)13(18)14-4-1-6-19-7-5-14/h9-11H,1-8H2,(H,16,17). The van der Waals surface area contributed by atoms with Gasteiger partial charge < -0.3 is 14.7 Å². The van der Waals surface area contributed by atoms with Crippen LogP contribution in [-0.2, 0) is 9.53 Å². The van der Waals surface area contributed by atoms with Crippen LogP contribution >= 0.6 is 11.8 Å². The van der Waals surface area contributed by atoms with Gasteiger partial charge in [-0.1, -0.05) is 0 Å². The van der Waals surface area contributed by atoms with E-state index in [1.165, 1.54) is 0 Å². The number of carbonyl (C=O) groups excluding carboxylic acids is 1. The summed E-state index contributed by atoms with van der Waals surface area (Å²) in [6.45, 7) is 2.43. The summed E-state index contributed by atoms with van der Waals surface area (Å²) in [6.07, 6.45) is 3.03. The monoisotopic (exact) mass is 300 g/mol. The maximum Gasteiger partial charge on any atom is 0.327 e. The highest BCUT2D eigenvalue weighted by molar-refractivity contribution is 8.00. The minimum atomic E-state index is -0.889. The molecule has 2 amide bonds. The highest BCUT2D eigenvalue weighted by Gasteiger charge is 2.49. The number of rotatable bonds is 2. The number of thioether (sulfide) groups is 1. The topological polar surface area (TPSA) is 70.1 Å². The number of carboxylic acid groups (broad SMARTS) is 1. The zero-order valence-corrected chi connectivity index (χ0v) is 12.2. The van der Waals surface area contributed by atoms with Crippen LogP contribution in [0.25, 0.3) is 0 Å². The summed E-state index contributed by atoms with van der Waals surface area (Å²) in [5.74, 6) is 0.101. The van der Waals surface area contributed by atoms with Crippen molar-refractivity contribution in [2.75, 3.05) is 32.1 Å². The SMILES string of the molecule is O=C(O)C1CSC(C2CC2)N1C(=O)N1CCCOCC1. The lowest BCUT2D eigenvalue weighted by Gasteiger charge is -2.32. The average Bonchev–Trinajstić information content (AvgIpc) is 3.21. The van der Waals surface area contributed by atoms with E-state index in [4.69, 9.17) is 4.74 Å². The minimum absolute atomic E-state index is 0.0489. The first kappa shape index (κ1) is 14.0. The molecule has 2 atom stereocenters. The number of hydrogen-bond acceptors (Lipinski definition) is 4. The number of hydrogen-bond donors (Lipinski definition) is 1. The lowest BCUT2D eigenvalue weighted by molar-refractivity contribution is -0.141. The van der Waals surface area contributed by atoms with Gasteiger partial charge in [-0.3, -0.25) is 4.90 Å². The molecule has 2 unspecified atom stereocenters. The molecule has 0 spiro atoms. The highest BCUT2D eigenvalue weighted by atomic mass is 32.2. The number of urea groups is 1. The molecule has 1 aliphatic carbocycles. The summed E-state index contributed by atoms with van der Waals surface area (Å²) in [6, 6.07) is -0.799. The molecular weight excluding hydrogens is 280 g/mol. The first-order chi connectivity index (χ1) is 9.68. The van der Waals surface area contributed by atoms with Gasteiger partial charge in [0, 0.05) is 25.4 Å². The number of carbonyl (C=O) groups is 2. The molecule has 3 rings (SSSR count). The molecule has 2 aliphatic heterocycles. The Morgan fingerprint density at radius 1 is 1.20 bits per heavy atom. The summed E-state index contributed by atoms with van der Waals surface area (Å²) >= 11 is 1.62. The van der Waals surface area contributed by atoms with Crippen molar-refractivity contribution in [3.63, 3.8) is 0 Å². The summed E-state index contributed by atoms with van der Waals surface area (Å²) in [4.78, 5) is 27.5. The van der Waals surface area contributed by atoms with Gasteiger partial charge in [-0.25, -0.2) is 9.59 Å². The van der Waals surface area contributed by atoms with Crippen molar-refractivity contribution >= 4 is 23.8 Å². The molecule has 0 aromatic carbocycles. The Labute approximate surface area is 122 Å². The predicted octanol–water partition coefficient (Wildman–Crippen LogP) is 1.07. The Kier molecular flexibility index (Phi) is 4.07. The van der Waals surface area contributed by atoms with Crippen LogP contribution in [0.15, 0.2) is 0 Å². The Morgan fingerprint density at radius 3 is 2.70 bits per heavy atom. The molecule has 7 heteroatoms. The Bertz CT molecular complexity index is 394. The van der Waals surface area contributed by atoms with Crippen molar-refractivity contribution in [3.05, 3.63) is 0 Å². The zero-order chi connectivity index (χ0) is 14.1. The fourth-order valence-corrected chi connectivity index (χ4v) is 4.43. The second kappa shape index (κ2) is 5.81. The smallest absolute Gasteiger partial charge is 0.327 e. The molecule has 3 fully saturated rings. The molecule has 0 bridgehead atoms. The van der Waals surface area contributed by atoms with E-state index >= 15 is 0 Å². The Balaban J connectivity index is 1.75. The first-order valence-electron chi connectivity index (χ1n) is 7.18.